The first kappa shape index (κ1) is 18.6. The second kappa shape index (κ2) is 8.12. The van der Waals surface area contributed by atoms with Gasteiger partial charge in [-0.15, -0.1) is 21.5 Å². The van der Waals surface area contributed by atoms with Crippen LogP contribution in [0, 0.1) is 6.92 Å². The molecule has 0 atom stereocenters. The number of amides is 1. The number of carbonyl (C=O) groups excluding carboxylic acids is 1. The number of hydrogen-bond donors (Lipinski definition) is 1. The quantitative estimate of drug-likeness (QED) is 0.471. The lowest BCUT2D eigenvalue weighted by Gasteiger charge is -2.06. The van der Waals surface area contributed by atoms with Gasteiger partial charge in [-0.05, 0) is 55.8 Å². The van der Waals surface area contributed by atoms with Crippen molar-refractivity contribution in [2.45, 2.75) is 25.5 Å². The predicted molar refractivity (Wildman–Crippen MR) is 115 cm³/mol. The molecule has 1 amide bonds. The number of fused-ring (bicyclic) bond motifs is 1. The lowest BCUT2D eigenvalue weighted by molar-refractivity contribution is -0.113. The van der Waals surface area contributed by atoms with Gasteiger partial charge in [-0.2, -0.15) is 0 Å². The van der Waals surface area contributed by atoms with E-state index in [0.717, 1.165) is 33.5 Å². The third kappa shape index (κ3) is 4.07. The standard InChI is InChI=1S/C20H19N5OS2/c1-3-25-12-21-24-20(25)27-11-18(26)22-15-7-5-14(6-8-15)19-23-16-9-4-13(2)10-17(16)28-19/h4-10,12H,3,11H2,1-2H3,(H,22,26). The summed E-state index contributed by atoms with van der Waals surface area (Å²) in [5.74, 6) is 0.219. The van der Waals surface area contributed by atoms with E-state index in [0.29, 0.717) is 0 Å². The van der Waals surface area contributed by atoms with Crippen LogP contribution in [-0.2, 0) is 11.3 Å². The van der Waals surface area contributed by atoms with Crippen LogP contribution in [0.1, 0.15) is 12.5 Å². The minimum absolute atomic E-state index is 0.0705. The van der Waals surface area contributed by atoms with Crippen LogP contribution in [0.2, 0.25) is 0 Å². The Bertz CT molecular complexity index is 1120. The Balaban J connectivity index is 1.40. The summed E-state index contributed by atoms with van der Waals surface area (Å²) in [4.78, 5) is 16.9. The summed E-state index contributed by atoms with van der Waals surface area (Å²) in [5.41, 5.74) is 4.06. The number of hydrogen-bond acceptors (Lipinski definition) is 6. The number of thioether (sulfide) groups is 1. The van der Waals surface area contributed by atoms with E-state index in [1.807, 2.05) is 35.8 Å². The van der Waals surface area contributed by atoms with Gasteiger partial charge in [-0.3, -0.25) is 4.79 Å². The van der Waals surface area contributed by atoms with Crippen molar-refractivity contribution in [1.82, 2.24) is 19.7 Å². The number of nitrogens with zero attached hydrogens (tertiary/aromatic N) is 4. The summed E-state index contributed by atoms with van der Waals surface area (Å²) >= 11 is 3.06. The van der Waals surface area contributed by atoms with E-state index >= 15 is 0 Å². The molecule has 2 aromatic heterocycles. The Morgan fingerprint density at radius 1 is 1.21 bits per heavy atom. The largest absolute Gasteiger partial charge is 0.325 e. The Labute approximate surface area is 171 Å². The van der Waals surface area contributed by atoms with Crippen molar-refractivity contribution in [2.24, 2.45) is 0 Å². The first-order valence-corrected chi connectivity index (χ1v) is 10.7. The molecule has 6 nitrogen and oxygen atoms in total. The maximum absolute atomic E-state index is 12.2. The number of carbonyl (C=O) groups is 1. The molecule has 0 spiro atoms. The fourth-order valence-corrected chi connectivity index (χ4v) is 4.60. The van der Waals surface area contributed by atoms with Crippen molar-refractivity contribution in [3.63, 3.8) is 0 Å². The molecule has 4 aromatic rings. The van der Waals surface area contributed by atoms with E-state index in [-0.39, 0.29) is 11.7 Å². The lowest BCUT2D eigenvalue weighted by Crippen LogP contribution is -2.14. The lowest BCUT2D eigenvalue weighted by atomic mass is 10.2. The number of aryl methyl sites for hydroxylation is 2. The molecule has 1 N–H and O–H groups in total. The van der Waals surface area contributed by atoms with E-state index in [4.69, 9.17) is 4.98 Å². The van der Waals surface area contributed by atoms with Crippen molar-refractivity contribution in [1.29, 1.82) is 0 Å². The number of benzene rings is 2. The van der Waals surface area contributed by atoms with Crippen molar-refractivity contribution in [3.05, 3.63) is 54.4 Å². The minimum Gasteiger partial charge on any atom is -0.325 e. The maximum atomic E-state index is 12.2. The van der Waals surface area contributed by atoms with Gasteiger partial charge in [0.1, 0.15) is 11.3 Å². The van der Waals surface area contributed by atoms with Crippen LogP contribution >= 0.6 is 23.1 Å². The van der Waals surface area contributed by atoms with Crippen molar-refractivity contribution < 1.29 is 4.79 Å². The number of thiazole rings is 1. The average molecular weight is 410 g/mol. The molecule has 0 bridgehead atoms. The third-order valence-corrected chi connectivity index (χ3v) is 6.26. The van der Waals surface area contributed by atoms with Crippen LogP contribution in [0.5, 0.6) is 0 Å². The highest BCUT2D eigenvalue weighted by Crippen LogP contribution is 2.31. The maximum Gasteiger partial charge on any atom is 0.234 e. The molecule has 4 rings (SSSR count). The summed E-state index contributed by atoms with van der Waals surface area (Å²) < 4.78 is 3.09. The fourth-order valence-electron chi connectivity index (χ4n) is 2.75. The van der Waals surface area contributed by atoms with E-state index in [2.05, 4.69) is 40.6 Å². The zero-order valence-corrected chi connectivity index (χ0v) is 17.2. The molecule has 0 saturated heterocycles. The molecule has 2 aromatic carbocycles. The number of anilines is 1. The Kier molecular flexibility index (Phi) is 5.40. The molecule has 2 heterocycles. The summed E-state index contributed by atoms with van der Waals surface area (Å²) in [6, 6.07) is 14.1. The zero-order valence-electron chi connectivity index (χ0n) is 15.5. The molecule has 0 radical (unpaired) electrons. The molecule has 0 saturated carbocycles. The van der Waals surface area contributed by atoms with Crippen LogP contribution in [-0.4, -0.2) is 31.4 Å². The second-order valence-electron chi connectivity index (χ2n) is 6.30. The van der Waals surface area contributed by atoms with E-state index < -0.39 is 0 Å². The summed E-state index contributed by atoms with van der Waals surface area (Å²) in [6.45, 7) is 4.88. The molecular formula is C20H19N5OS2. The average Bonchev–Trinajstić information content (AvgIpc) is 3.33. The van der Waals surface area contributed by atoms with Crippen LogP contribution in [0.15, 0.2) is 53.9 Å². The zero-order chi connectivity index (χ0) is 19.5. The van der Waals surface area contributed by atoms with Gasteiger partial charge in [0.25, 0.3) is 0 Å². The molecule has 0 aliphatic rings. The summed E-state index contributed by atoms with van der Waals surface area (Å²) in [5, 5.41) is 12.5. The van der Waals surface area contributed by atoms with Gasteiger partial charge in [-0.25, -0.2) is 4.98 Å². The SMILES string of the molecule is CCn1cnnc1SCC(=O)Nc1ccc(-c2nc3ccc(C)cc3s2)cc1. The van der Waals surface area contributed by atoms with E-state index in [1.54, 1.807) is 17.7 Å². The second-order valence-corrected chi connectivity index (χ2v) is 8.28. The highest BCUT2D eigenvalue weighted by atomic mass is 32.2. The van der Waals surface area contributed by atoms with Gasteiger partial charge in [0.2, 0.25) is 5.91 Å². The number of aromatic nitrogens is 4. The first-order chi connectivity index (χ1) is 13.6. The van der Waals surface area contributed by atoms with E-state index in [9.17, 15) is 4.79 Å². The van der Waals surface area contributed by atoms with Gasteiger partial charge in [0.15, 0.2) is 5.16 Å². The first-order valence-electron chi connectivity index (χ1n) is 8.90. The third-order valence-electron chi connectivity index (χ3n) is 4.21. The van der Waals surface area contributed by atoms with Crippen LogP contribution in [0.25, 0.3) is 20.8 Å². The minimum atomic E-state index is -0.0705. The van der Waals surface area contributed by atoms with Gasteiger partial charge < -0.3 is 9.88 Å². The van der Waals surface area contributed by atoms with Crippen molar-refractivity contribution in [2.75, 3.05) is 11.1 Å². The Morgan fingerprint density at radius 3 is 2.82 bits per heavy atom. The molecule has 8 heteroatoms. The Morgan fingerprint density at radius 2 is 2.04 bits per heavy atom. The van der Waals surface area contributed by atoms with E-state index in [1.165, 1.54) is 22.0 Å². The molecule has 28 heavy (non-hydrogen) atoms. The smallest absolute Gasteiger partial charge is 0.234 e. The molecule has 0 aliphatic carbocycles. The molecule has 0 fully saturated rings. The van der Waals surface area contributed by atoms with Gasteiger partial charge in [0, 0.05) is 17.8 Å². The van der Waals surface area contributed by atoms with Gasteiger partial charge in [-0.1, -0.05) is 17.8 Å². The highest BCUT2D eigenvalue weighted by Gasteiger charge is 2.10. The normalized spacial score (nSPS) is 11.1. The summed E-state index contributed by atoms with van der Waals surface area (Å²) in [7, 11) is 0. The van der Waals surface area contributed by atoms with Crippen LogP contribution < -0.4 is 5.32 Å². The van der Waals surface area contributed by atoms with Crippen molar-refractivity contribution >= 4 is 44.9 Å². The van der Waals surface area contributed by atoms with Gasteiger partial charge >= 0.3 is 0 Å². The van der Waals surface area contributed by atoms with Crippen molar-refractivity contribution in [3.8, 4) is 10.6 Å². The fraction of sp³-hybridized carbons (Fsp3) is 0.200. The summed E-state index contributed by atoms with van der Waals surface area (Å²) in [6.07, 6.45) is 1.67. The number of rotatable bonds is 6. The number of nitrogens with one attached hydrogen (secondary N) is 1. The molecule has 142 valence electrons. The van der Waals surface area contributed by atoms with Crippen LogP contribution in [0.3, 0.4) is 0 Å². The highest BCUT2D eigenvalue weighted by molar-refractivity contribution is 7.99. The monoisotopic (exact) mass is 409 g/mol. The van der Waals surface area contributed by atoms with Gasteiger partial charge in [0.05, 0.1) is 16.0 Å². The Hall–Kier alpha value is -2.71. The van der Waals surface area contributed by atoms with Crippen LogP contribution in [0.4, 0.5) is 5.69 Å². The topological polar surface area (TPSA) is 72.7 Å². The molecule has 0 unspecified atom stereocenters. The predicted octanol–water partition coefficient (Wildman–Crippen LogP) is 4.61. The molecular weight excluding hydrogens is 390 g/mol. The molecule has 0 aliphatic heterocycles.